The molecule has 0 amide bonds. The van der Waals surface area contributed by atoms with Crippen LogP contribution >= 0.6 is 0 Å². The zero-order valence-electron chi connectivity index (χ0n) is 11.2. The lowest BCUT2D eigenvalue weighted by Crippen LogP contribution is -2.38. The molecule has 2 heteroatoms. The molecule has 0 bridgehead atoms. The lowest BCUT2D eigenvalue weighted by molar-refractivity contribution is -0.0855. The van der Waals surface area contributed by atoms with Crippen LogP contribution in [0.2, 0.25) is 0 Å². The standard InChI is InChI=1S/C13H28O2/c1-10(2)7-13(14,8-11(3)4)9-15-12(5)6/h10-12,14H,7-9H2,1-6H3. The van der Waals surface area contributed by atoms with Gasteiger partial charge >= 0.3 is 0 Å². The number of aliphatic hydroxyl groups is 1. The first-order valence-electron chi connectivity index (χ1n) is 6.09. The molecular formula is C13H28O2. The van der Waals surface area contributed by atoms with Crippen LogP contribution in [-0.4, -0.2) is 23.4 Å². The quantitative estimate of drug-likeness (QED) is 0.708. The molecule has 0 aliphatic carbocycles. The van der Waals surface area contributed by atoms with Crippen molar-refractivity contribution in [3.05, 3.63) is 0 Å². The van der Waals surface area contributed by atoms with Gasteiger partial charge < -0.3 is 9.84 Å². The first-order valence-corrected chi connectivity index (χ1v) is 6.09. The SMILES string of the molecule is CC(C)CC(O)(COC(C)C)CC(C)C. The summed E-state index contributed by atoms with van der Waals surface area (Å²) in [6, 6.07) is 0. The van der Waals surface area contributed by atoms with Crippen LogP contribution in [0.15, 0.2) is 0 Å². The maximum Gasteiger partial charge on any atom is 0.0885 e. The van der Waals surface area contributed by atoms with E-state index >= 15 is 0 Å². The average molecular weight is 216 g/mol. The van der Waals surface area contributed by atoms with E-state index in [1.165, 1.54) is 0 Å². The van der Waals surface area contributed by atoms with E-state index in [0.717, 1.165) is 12.8 Å². The van der Waals surface area contributed by atoms with Crippen molar-refractivity contribution in [3.63, 3.8) is 0 Å². The molecule has 0 radical (unpaired) electrons. The summed E-state index contributed by atoms with van der Waals surface area (Å²) in [6.45, 7) is 13.0. The van der Waals surface area contributed by atoms with Crippen molar-refractivity contribution < 1.29 is 9.84 Å². The van der Waals surface area contributed by atoms with Gasteiger partial charge in [0, 0.05) is 0 Å². The zero-order valence-corrected chi connectivity index (χ0v) is 11.2. The predicted octanol–water partition coefficient (Wildman–Crippen LogP) is 3.23. The molecule has 2 nitrogen and oxygen atoms in total. The Balaban J connectivity index is 4.26. The van der Waals surface area contributed by atoms with Crippen molar-refractivity contribution in [2.24, 2.45) is 11.8 Å². The Hall–Kier alpha value is -0.0800. The number of ether oxygens (including phenoxy) is 1. The number of rotatable bonds is 7. The molecular weight excluding hydrogens is 188 g/mol. The topological polar surface area (TPSA) is 29.5 Å². The fraction of sp³-hybridized carbons (Fsp3) is 1.00. The van der Waals surface area contributed by atoms with Crippen molar-refractivity contribution in [1.82, 2.24) is 0 Å². The van der Waals surface area contributed by atoms with Crippen LogP contribution < -0.4 is 0 Å². The molecule has 0 saturated carbocycles. The summed E-state index contributed by atoms with van der Waals surface area (Å²) in [5.41, 5.74) is -0.646. The second kappa shape index (κ2) is 6.49. The Morgan fingerprint density at radius 2 is 1.33 bits per heavy atom. The molecule has 0 aromatic carbocycles. The third kappa shape index (κ3) is 7.80. The van der Waals surface area contributed by atoms with Crippen molar-refractivity contribution in [2.75, 3.05) is 6.61 Å². The fourth-order valence-electron chi connectivity index (χ4n) is 2.04. The normalized spacial score (nSPS) is 13.2. The van der Waals surface area contributed by atoms with E-state index in [1.807, 2.05) is 13.8 Å². The largest absolute Gasteiger partial charge is 0.387 e. The maximum absolute atomic E-state index is 10.5. The van der Waals surface area contributed by atoms with Gasteiger partial charge in [-0.15, -0.1) is 0 Å². The van der Waals surface area contributed by atoms with Gasteiger partial charge in [-0.05, 0) is 38.5 Å². The molecule has 0 aliphatic rings. The summed E-state index contributed by atoms with van der Waals surface area (Å²) in [7, 11) is 0. The molecule has 15 heavy (non-hydrogen) atoms. The molecule has 0 aromatic rings. The number of hydrogen-bond donors (Lipinski definition) is 1. The summed E-state index contributed by atoms with van der Waals surface area (Å²) >= 11 is 0. The molecule has 0 fully saturated rings. The average Bonchev–Trinajstić information content (AvgIpc) is 1.97. The smallest absolute Gasteiger partial charge is 0.0885 e. The third-order valence-corrected chi connectivity index (χ3v) is 2.26. The molecule has 0 aromatic heterocycles. The Morgan fingerprint density at radius 1 is 0.933 bits per heavy atom. The van der Waals surface area contributed by atoms with E-state index in [2.05, 4.69) is 27.7 Å². The monoisotopic (exact) mass is 216 g/mol. The molecule has 0 unspecified atom stereocenters. The second-order valence-corrected chi connectivity index (χ2v) is 5.78. The highest BCUT2D eigenvalue weighted by molar-refractivity contribution is 4.81. The van der Waals surface area contributed by atoms with Crippen LogP contribution in [0, 0.1) is 11.8 Å². The van der Waals surface area contributed by atoms with Crippen LogP contribution in [0.3, 0.4) is 0 Å². The summed E-state index contributed by atoms with van der Waals surface area (Å²) in [6.07, 6.45) is 1.83. The van der Waals surface area contributed by atoms with E-state index in [9.17, 15) is 5.11 Å². The summed E-state index contributed by atoms with van der Waals surface area (Å²) in [4.78, 5) is 0. The Morgan fingerprint density at radius 3 is 1.60 bits per heavy atom. The predicted molar refractivity (Wildman–Crippen MR) is 64.9 cm³/mol. The number of hydrogen-bond acceptors (Lipinski definition) is 2. The molecule has 0 atom stereocenters. The molecule has 1 N–H and O–H groups in total. The zero-order chi connectivity index (χ0) is 12.1. The third-order valence-electron chi connectivity index (χ3n) is 2.26. The van der Waals surface area contributed by atoms with Crippen molar-refractivity contribution in [2.45, 2.75) is 66.1 Å². The van der Waals surface area contributed by atoms with Crippen molar-refractivity contribution >= 4 is 0 Å². The first-order chi connectivity index (χ1) is 6.75. The molecule has 0 saturated heterocycles. The van der Waals surface area contributed by atoms with Crippen molar-refractivity contribution in [1.29, 1.82) is 0 Å². The summed E-state index contributed by atoms with van der Waals surface area (Å²) < 4.78 is 5.56. The second-order valence-electron chi connectivity index (χ2n) is 5.78. The van der Waals surface area contributed by atoms with Crippen LogP contribution in [0.1, 0.15) is 54.4 Å². The van der Waals surface area contributed by atoms with Gasteiger partial charge in [-0.3, -0.25) is 0 Å². The molecule has 92 valence electrons. The highest BCUT2D eigenvalue weighted by atomic mass is 16.5. The van der Waals surface area contributed by atoms with Crippen molar-refractivity contribution in [3.8, 4) is 0 Å². The van der Waals surface area contributed by atoms with Gasteiger partial charge in [-0.25, -0.2) is 0 Å². The van der Waals surface area contributed by atoms with Crippen LogP contribution in [0.25, 0.3) is 0 Å². The maximum atomic E-state index is 10.5. The summed E-state index contributed by atoms with van der Waals surface area (Å²) in [5, 5.41) is 10.5. The highest BCUT2D eigenvalue weighted by Crippen LogP contribution is 2.25. The molecule has 0 aliphatic heterocycles. The van der Waals surface area contributed by atoms with E-state index in [0.29, 0.717) is 18.4 Å². The van der Waals surface area contributed by atoms with Gasteiger partial charge in [-0.2, -0.15) is 0 Å². The van der Waals surface area contributed by atoms with Gasteiger partial charge in [0.2, 0.25) is 0 Å². The summed E-state index contributed by atoms with van der Waals surface area (Å²) in [5.74, 6) is 1.01. The minimum absolute atomic E-state index is 0.191. The van der Waals surface area contributed by atoms with E-state index in [4.69, 9.17) is 4.74 Å². The van der Waals surface area contributed by atoms with E-state index < -0.39 is 5.60 Å². The Bertz CT molecular complexity index is 152. The van der Waals surface area contributed by atoms with Gasteiger partial charge in [0.25, 0.3) is 0 Å². The Kier molecular flexibility index (Phi) is 6.46. The van der Waals surface area contributed by atoms with Crippen LogP contribution in [0.5, 0.6) is 0 Å². The van der Waals surface area contributed by atoms with Gasteiger partial charge in [0.1, 0.15) is 0 Å². The molecule has 0 spiro atoms. The van der Waals surface area contributed by atoms with Gasteiger partial charge in [0.15, 0.2) is 0 Å². The Labute approximate surface area is 95.0 Å². The lowest BCUT2D eigenvalue weighted by atomic mass is 9.85. The fourth-order valence-corrected chi connectivity index (χ4v) is 2.04. The minimum atomic E-state index is -0.646. The lowest BCUT2D eigenvalue weighted by Gasteiger charge is -2.32. The molecule has 0 heterocycles. The van der Waals surface area contributed by atoms with Crippen LogP contribution in [-0.2, 0) is 4.74 Å². The first kappa shape index (κ1) is 14.9. The van der Waals surface area contributed by atoms with Crippen LogP contribution in [0.4, 0.5) is 0 Å². The van der Waals surface area contributed by atoms with Gasteiger partial charge in [0.05, 0.1) is 18.3 Å². The minimum Gasteiger partial charge on any atom is -0.387 e. The van der Waals surface area contributed by atoms with Gasteiger partial charge in [-0.1, -0.05) is 27.7 Å². The highest BCUT2D eigenvalue weighted by Gasteiger charge is 2.29. The van der Waals surface area contributed by atoms with E-state index in [1.54, 1.807) is 0 Å². The van der Waals surface area contributed by atoms with E-state index in [-0.39, 0.29) is 6.10 Å². The molecule has 0 rings (SSSR count).